The van der Waals surface area contributed by atoms with Gasteiger partial charge in [0.15, 0.2) is 0 Å². The second kappa shape index (κ2) is 16.1. The van der Waals surface area contributed by atoms with Crippen molar-refractivity contribution in [3.8, 4) is 0 Å². The van der Waals surface area contributed by atoms with Gasteiger partial charge in [-0.25, -0.2) is 4.57 Å². The number of nitrogens with one attached hydrogen (secondary N) is 1. The Morgan fingerprint density at radius 2 is 1.29 bits per heavy atom. The fourth-order valence-electron chi connectivity index (χ4n) is 4.89. The molecule has 0 unspecified atom stereocenters. The van der Waals surface area contributed by atoms with Crippen LogP contribution < -0.4 is 5.32 Å². The molecule has 0 bridgehead atoms. The molecule has 226 valence electrons. The zero-order valence-electron chi connectivity index (χ0n) is 23.5. The molecule has 10 nitrogen and oxygen atoms in total. The summed E-state index contributed by atoms with van der Waals surface area (Å²) in [6, 6.07) is 28.4. The van der Waals surface area contributed by atoms with Crippen LogP contribution >= 0.6 is 7.82 Å². The molecule has 11 heteroatoms. The summed E-state index contributed by atoms with van der Waals surface area (Å²) in [5.74, 6) is -0.307. The molecular weight excluding hydrogens is 561 g/mol. The van der Waals surface area contributed by atoms with Gasteiger partial charge in [-0.2, -0.15) is 0 Å². The van der Waals surface area contributed by atoms with E-state index in [4.69, 9.17) is 23.5 Å². The highest BCUT2D eigenvalue weighted by Gasteiger charge is 2.48. The molecule has 0 spiro atoms. The standard InChI is InChI=1S/C31H38NO9P/c1-23(33)32-29-27(17-18-40-42(34,35)36)41-28(22-37-19-24-11-5-2-6-12-24)30(38-20-25-13-7-3-8-14-25)31(29)39-21-26-15-9-4-10-16-26/h2-16,27-31H,17-22H2,1H3,(H,32,33)(H2,34,35,36)/t27-,28-,29+,30-,31-/m1/s1. The highest BCUT2D eigenvalue weighted by molar-refractivity contribution is 7.46. The number of phosphoric acid groups is 1. The number of carbonyl (C=O) groups is 1. The highest BCUT2D eigenvalue weighted by atomic mass is 31.2. The maximum Gasteiger partial charge on any atom is 0.469 e. The molecule has 3 aromatic rings. The second-order valence-corrected chi connectivity index (χ2v) is 11.3. The molecule has 1 aliphatic heterocycles. The molecule has 4 rings (SSSR count). The first kappa shape index (κ1) is 32.0. The number of carbonyl (C=O) groups excluding carboxylic acids is 1. The molecule has 1 amide bonds. The largest absolute Gasteiger partial charge is 0.469 e. The third-order valence-corrected chi connectivity index (χ3v) is 7.31. The lowest BCUT2D eigenvalue weighted by molar-refractivity contribution is -0.234. The molecule has 42 heavy (non-hydrogen) atoms. The summed E-state index contributed by atoms with van der Waals surface area (Å²) in [5, 5.41) is 2.94. The second-order valence-electron chi connectivity index (χ2n) is 10.1. The van der Waals surface area contributed by atoms with E-state index in [0.717, 1.165) is 16.7 Å². The summed E-state index contributed by atoms with van der Waals surface area (Å²) in [7, 11) is -4.70. The third kappa shape index (κ3) is 10.4. The van der Waals surface area contributed by atoms with E-state index in [9.17, 15) is 19.1 Å². The van der Waals surface area contributed by atoms with Gasteiger partial charge >= 0.3 is 7.82 Å². The summed E-state index contributed by atoms with van der Waals surface area (Å²) in [4.78, 5) is 30.8. The van der Waals surface area contributed by atoms with Crippen molar-refractivity contribution in [1.82, 2.24) is 5.32 Å². The van der Waals surface area contributed by atoms with E-state index >= 15 is 0 Å². The van der Waals surface area contributed by atoms with Crippen LogP contribution in [0.4, 0.5) is 0 Å². The van der Waals surface area contributed by atoms with Crippen molar-refractivity contribution in [3.05, 3.63) is 108 Å². The molecule has 0 saturated carbocycles. The summed E-state index contributed by atoms with van der Waals surface area (Å²) in [6.45, 7) is 2.13. The van der Waals surface area contributed by atoms with Crippen molar-refractivity contribution in [2.24, 2.45) is 0 Å². The van der Waals surface area contributed by atoms with E-state index in [1.165, 1.54) is 6.92 Å². The summed E-state index contributed by atoms with van der Waals surface area (Å²) < 4.78 is 41.6. The lowest BCUT2D eigenvalue weighted by Gasteiger charge is -2.46. The first-order valence-corrected chi connectivity index (χ1v) is 15.4. The zero-order chi connectivity index (χ0) is 29.8. The third-order valence-electron chi connectivity index (χ3n) is 6.79. The lowest BCUT2D eigenvalue weighted by Crippen LogP contribution is -2.65. The van der Waals surface area contributed by atoms with Crippen molar-refractivity contribution in [2.45, 2.75) is 63.6 Å². The first-order chi connectivity index (χ1) is 20.3. The summed E-state index contributed by atoms with van der Waals surface area (Å²) >= 11 is 0. The van der Waals surface area contributed by atoms with Crippen LogP contribution in [0.5, 0.6) is 0 Å². The number of ether oxygens (including phenoxy) is 4. The molecule has 5 atom stereocenters. The predicted molar refractivity (Wildman–Crippen MR) is 155 cm³/mol. The first-order valence-electron chi connectivity index (χ1n) is 13.8. The summed E-state index contributed by atoms with van der Waals surface area (Å²) in [6.07, 6.45) is -2.58. The van der Waals surface area contributed by atoms with Gasteiger partial charge in [-0.05, 0) is 23.1 Å². The average molecular weight is 600 g/mol. The smallest absolute Gasteiger partial charge is 0.374 e. The van der Waals surface area contributed by atoms with Crippen molar-refractivity contribution in [3.63, 3.8) is 0 Å². The SMILES string of the molecule is CC(=O)N[C@@H]1[C@@H](OCc2ccccc2)[C@H](OCc2ccccc2)[C@@H](COCc2ccccc2)O[C@@H]1CCOP(=O)(O)O. The van der Waals surface area contributed by atoms with E-state index < -0.39 is 38.3 Å². The van der Waals surface area contributed by atoms with Gasteiger partial charge in [0, 0.05) is 6.92 Å². The number of amides is 1. The van der Waals surface area contributed by atoms with Crippen LogP contribution in [0.25, 0.3) is 0 Å². The highest BCUT2D eigenvalue weighted by Crippen LogP contribution is 2.37. The molecule has 1 heterocycles. The number of hydrogen-bond donors (Lipinski definition) is 3. The van der Waals surface area contributed by atoms with Crippen LogP contribution in [-0.4, -0.2) is 59.4 Å². The van der Waals surface area contributed by atoms with E-state index in [1.54, 1.807) is 0 Å². The van der Waals surface area contributed by atoms with E-state index in [2.05, 4.69) is 5.32 Å². The van der Waals surface area contributed by atoms with E-state index in [-0.39, 0.29) is 38.8 Å². The zero-order valence-corrected chi connectivity index (χ0v) is 24.4. The number of rotatable bonds is 15. The van der Waals surface area contributed by atoms with Crippen LogP contribution in [0.1, 0.15) is 30.0 Å². The maximum atomic E-state index is 12.4. The molecule has 0 radical (unpaired) electrons. The van der Waals surface area contributed by atoms with Gasteiger partial charge in [0.05, 0.1) is 45.2 Å². The van der Waals surface area contributed by atoms with Gasteiger partial charge in [-0.3, -0.25) is 9.32 Å². The van der Waals surface area contributed by atoms with Crippen molar-refractivity contribution in [1.29, 1.82) is 0 Å². The Morgan fingerprint density at radius 3 is 1.79 bits per heavy atom. The van der Waals surface area contributed by atoms with Crippen LogP contribution in [0.3, 0.4) is 0 Å². The van der Waals surface area contributed by atoms with Crippen molar-refractivity contribution < 1.29 is 42.6 Å². The Bertz CT molecular complexity index is 1260. The normalized spacial score (nSPS) is 22.5. The van der Waals surface area contributed by atoms with Crippen LogP contribution in [-0.2, 0) is 52.7 Å². The quantitative estimate of drug-likeness (QED) is 0.221. The molecule has 1 aliphatic rings. The number of phosphoric ester groups is 1. The maximum absolute atomic E-state index is 12.4. The molecule has 3 aromatic carbocycles. The van der Waals surface area contributed by atoms with Gasteiger partial charge in [0.2, 0.25) is 5.91 Å². The fourth-order valence-corrected chi connectivity index (χ4v) is 5.24. The topological polar surface area (TPSA) is 133 Å². The van der Waals surface area contributed by atoms with E-state index in [1.807, 2.05) is 91.0 Å². The number of hydrogen-bond acceptors (Lipinski definition) is 7. The summed E-state index contributed by atoms with van der Waals surface area (Å²) in [5.41, 5.74) is 2.89. The Labute approximate surface area is 246 Å². The van der Waals surface area contributed by atoms with Crippen LogP contribution in [0.2, 0.25) is 0 Å². The van der Waals surface area contributed by atoms with Crippen LogP contribution in [0, 0.1) is 0 Å². The Kier molecular flexibility index (Phi) is 12.2. The Balaban J connectivity index is 1.60. The Morgan fingerprint density at radius 1 is 0.786 bits per heavy atom. The molecule has 3 N–H and O–H groups in total. The minimum Gasteiger partial charge on any atom is -0.374 e. The number of benzene rings is 3. The molecule has 0 aromatic heterocycles. The van der Waals surface area contributed by atoms with Gasteiger partial charge in [0.25, 0.3) is 0 Å². The predicted octanol–water partition coefficient (Wildman–Crippen LogP) is 4.15. The Hall–Kier alpha value is -2.92. The lowest BCUT2D eigenvalue weighted by atomic mass is 9.90. The van der Waals surface area contributed by atoms with Crippen molar-refractivity contribution >= 4 is 13.7 Å². The van der Waals surface area contributed by atoms with E-state index in [0.29, 0.717) is 6.61 Å². The molecule has 0 aliphatic carbocycles. The van der Waals surface area contributed by atoms with Crippen molar-refractivity contribution in [2.75, 3.05) is 13.2 Å². The van der Waals surface area contributed by atoms with Gasteiger partial charge in [-0.1, -0.05) is 91.0 Å². The monoisotopic (exact) mass is 599 g/mol. The average Bonchev–Trinajstić information content (AvgIpc) is 2.97. The van der Waals surface area contributed by atoms with Gasteiger partial charge in [0.1, 0.15) is 18.3 Å². The minimum atomic E-state index is -4.70. The minimum absolute atomic E-state index is 0.0852. The van der Waals surface area contributed by atoms with Gasteiger partial charge < -0.3 is 34.1 Å². The molecular formula is C31H38NO9P. The fraction of sp³-hybridized carbons (Fsp3) is 0.387. The van der Waals surface area contributed by atoms with Gasteiger partial charge in [-0.15, -0.1) is 0 Å². The van der Waals surface area contributed by atoms with Crippen LogP contribution in [0.15, 0.2) is 91.0 Å². The molecule has 1 saturated heterocycles. The molecule has 1 fully saturated rings.